The Morgan fingerprint density at radius 1 is 0.651 bits per heavy atom. The molecule has 6 N–H and O–H groups in total. The third-order valence-electron chi connectivity index (χ3n) is 5.55. The van der Waals surface area contributed by atoms with E-state index in [0.717, 1.165) is 33.8 Å². The molecule has 0 radical (unpaired) electrons. The van der Waals surface area contributed by atoms with Gasteiger partial charge < -0.3 is 10.2 Å². The van der Waals surface area contributed by atoms with Gasteiger partial charge in [0.25, 0.3) is 11.1 Å². The van der Waals surface area contributed by atoms with Crippen molar-refractivity contribution < 1.29 is 27.0 Å². The molecular formula is C25H22N6O10S2. The first-order chi connectivity index (χ1) is 20.0. The average molecular weight is 631 g/mol. The van der Waals surface area contributed by atoms with Crippen LogP contribution in [0.2, 0.25) is 0 Å². The van der Waals surface area contributed by atoms with Gasteiger partial charge in [-0.3, -0.25) is 29.0 Å². The topological polar surface area (TPSA) is 243 Å². The first-order valence-corrected chi connectivity index (χ1v) is 15.6. The van der Waals surface area contributed by atoms with E-state index >= 15 is 0 Å². The van der Waals surface area contributed by atoms with Crippen molar-refractivity contribution in [3.8, 4) is 23.1 Å². The number of benzene rings is 2. The lowest BCUT2D eigenvalue weighted by Gasteiger charge is -2.11. The minimum Gasteiger partial charge on any atom is -0.494 e. The van der Waals surface area contributed by atoms with Crippen LogP contribution < -0.4 is 31.9 Å². The highest BCUT2D eigenvalue weighted by Gasteiger charge is 2.16. The van der Waals surface area contributed by atoms with E-state index in [1.54, 1.807) is 0 Å². The molecular weight excluding hydrogens is 608 g/mol. The fourth-order valence-corrected chi connectivity index (χ4v) is 4.94. The van der Waals surface area contributed by atoms with Crippen molar-refractivity contribution in [3.05, 3.63) is 107 Å². The second kappa shape index (κ2) is 11.4. The number of H-pyrrole nitrogens is 2. The summed E-state index contributed by atoms with van der Waals surface area (Å²) in [6, 6.07) is 10.5. The summed E-state index contributed by atoms with van der Waals surface area (Å²) in [4.78, 5) is 53.8. The van der Waals surface area contributed by atoms with Gasteiger partial charge in [0, 0.05) is 11.4 Å². The van der Waals surface area contributed by atoms with Gasteiger partial charge in [-0.2, -0.15) is 0 Å². The number of nitrogens with one attached hydrogen (secondary N) is 4. The van der Waals surface area contributed by atoms with Crippen molar-refractivity contribution in [1.82, 2.24) is 19.1 Å². The molecule has 0 fully saturated rings. The summed E-state index contributed by atoms with van der Waals surface area (Å²) in [7, 11) is -7.13. The molecule has 0 bridgehead atoms. The molecule has 0 aliphatic rings. The molecule has 0 atom stereocenters. The summed E-state index contributed by atoms with van der Waals surface area (Å²) < 4.78 is 51.6. The maximum atomic E-state index is 12.5. The zero-order chi connectivity index (χ0) is 31.7. The van der Waals surface area contributed by atoms with Crippen molar-refractivity contribution in [2.75, 3.05) is 22.0 Å². The number of sulfonamides is 2. The number of anilines is 2. The van der Waals surface area contributed by atoms with Crippen LogP contribution in [0.25, 0.3) is 23.5 Å². The fourth-order valence-electron chi connectivity index (χ4n) is 3.81. The van der Waals surface area contributed by atoms with Crippen LogP contribution in [0, 0.1) is 0 Å². The van der Waals surface area contributed by atoms with Crippen molar-refractivity contribution in [3.63, 3.8) is 0 Å². The predicted octanol–water partition coefficient (Wildman–Crippen LogP) is -0.155. The first-order valence-electron chi connectivity index (χ1n) is 11.8. The van der Waals surface area contributed by atoms with Crippen LogP contribution in [0.4, 0.5) is 11.4 Å². The van der Waals surface area contributed by atoms with Gasteiger partial charge in [0.05, 0.1) is 23.9 Å². The Bertz CT molecular complexity index is 2100. The molecule has 4 rings (SSSR count). The molecule has 2 aromatic carbocycles. The van der Waals surface area contributed by atoms with E-state index in [0.29, 0.717) is 0 Å². The summed E-state index contributed by atoms with van der Waals surface area (Å²) in [6.07, 6.45) is 3.74. The lowest BCUT2D eigenvalue weighted by molar-refractivity contribution is 0.429. The Kier molecular flexibility index (Phi) is 8.03. The summed E-state index contributed by atoms with van der Waals surface area (Å²) in [5.41, 5.74) is -2.03. The largest absolute Gasteiger partial charge is 0.494 e. The highest BCUT2D eigenvalue weighted by Crippen LogP contribution is 2.21. The van der Waals surface area contributed by atoms with Crippen LogP contribution in [0.1, 0.15) is 11.1 Å². The van der Waals surface area contributed by atoms with Crippen molar-refractivity contribution in [2.24, 2.45) is 0 Å². The quantitative estimate of drug-likeness (QED) is 0.141. The fraction of sp³-hybridized carbons (Fsp3) is 0.0800. The summed E-state index contributed by atoms with van der Waals surface area (Å²) in [5, 5.41) is 21.5. The zero-order valence-electron chi connectivity index (χ0n) is 22.1. The van der Waals surface area contributed by atoms with Crippen molar-refractivity contribution in [1.29, 1.82) is 0 Å². The molecule has 18 heteroatoms. The molecule has 16 nitrogen and oxygen atoms in total. The van der Waals surface area contributed by atoms with E-state index < -0.39 is 65.4 Å². The minimum atomic E-state index is -3.57. The standard InChI is InChI=1S/C25H22N6O10S2/c1-42(38,39)28-14-6-10-16(11-7-14)30-22(34)18(20(32)26-24(30)36)4-3-5-19-21(33)27-25(37)31(23(19)35)17-12-8-15(9-13-17)29-43(2,40)41/h4-13,28-29,34-35H,1-2H3,(H,26,32,36)(H,27,33,37). The minimum absolute atomic E-state index is 0.0651. The van der Waals surface area contributed by atoms with Crippen LogP contribution in [0.3, 0.4) is 0 Å². The molecule has 2 heterocycles. The van der Waals surface area contributed by atoms with Crippen LogP contribution in [-0.2, 0) is 20.0 Å². The summed E-state index contributed by atoms with van der Waals surface area (Å²) in [6.45, 7) is 0. The smallest absolute Gasteiger partial charge is 0.335 e. The molecule has 43 heavy (non-hydrogen) atoms. The second-order valence-electron chi connectivity index (χ2n) is 8.96. The zero-order valence-corrected chi connectivity index (χ0v) is 23.8. The maximum Gasteiger partial charge on any atom is 0.335 e. The van der Waals surface area contributed by atoms with Gasteiger partial charge >= 0.3 is 11.4 Å². The van der Waals surface area contributed by atoms with E-state index in [2.05, 4.69) is 15.2 Å². The van der Waals surface area contributed by atoms with Gasteiger partial charge in [-0.15, -0.1) is 5.73 Å². The number of aromatic nitrogens is 4. The number of hydrogen-bond acceptors (Lipinski definition) is 10. The van der Waals surface area contributed by atoms with E-state index in [-0.39, 0.29) is 22.7 Å². The third kappa shape index (κ3) is 7.02. The summed E-state index contributed by atoms with van der Waals surface area (Å²) in [5.74, 6) is -1.63. The van der Waals surface area contributed by atoms with Crippen LogP contribution in [0.15, 0.2) is 73.4 Å². The number of hydrogen-bond donors (Lipinski definition) is 6. The number of aromatic hydroxyl groups is 2. The molecule has 0 unspecified atom stereocenters. The van der Waals surface area contributed by atoms with Crippen molar-refractivity contribution >= 4 is 43.6 Å². The molecule has 0 saturated carbocycles. The van der Waals surface area contributed by atoms with Crippen molar-refractivity contribution in [2.45, 2.75) is 0 Å². The first kappa shape index (κ1) is 30.4. The molecule has 0 saturated heterocycles. The van der Waals surface area contributed by atoms with Gasteiger partial charge in [-0.25, -0.2) is 35.6 Å². The monoisotopic (exact) mass is 630 g/mol. The van der Waals surface area contributed by atoms with Crippen LogP contribution in [-0.4, -0.2) is 58.7 Å². The van der Waals surface area contributed by atoms with Gasteiger partial charge in [-0.1, -0.05) is 0 Å². The van der Waals surface area contributed by atoms with Gasteiger partial charge in [0.2, 0.25) is 31.8 Å². The SMILES string of the molecule is CS(=O)(=O)Nc1ccc(-n2c(O)c(C=C=Cc3c(O)n(-c4ccc(NS(C)(=O)=O)cc4)c(=O)[nH]c3=O)c(=O)[nH]c2=O)cc1. The third-order valence-corrected chi connectivity index (χ3v) is 6.77. The highest BCUT2D eigenvalue weighted by atomic mass is 32.2. The Morgan fingerprint density at radius 2 is 0.977 bits per heavy atom. The Labute approximate surface area is 241 Å². The number of aromatic amines is 2. The Morgan fingerprint density at radius 3 is 1.28 bits per heavy atom. The second-order valence-corrected chi connectivity index (χ2v) is 12.5. The van der Waals surface area contributed by atoms with E-state index in [1.165, 1.54) is 48.5 Å². The number of nitrogens with zero attached hydrogens (tertiary/aromatic N) is 2. The van der Waals surface area contributed by atoms with Gasteiger partial charge in [-0.05, 0) is 60.7 Å². The molecule has 0 amide bonds. The molecule has 0 aliphatic heterocycles. The normalized spacial score (nSPS) is 11.4. The Balaban J connectivity index is 1.74. The van der Waals surface area contributed by atoms with Crippen LogP contribution >= 0.6 is 0 Å². The lowest BCUT2D eigenvalue weighted by Crippen LogP contribution is -2.30. The molecule has 0 aliphatic carbocycles. The Hall–Kier alpha value is -5.58. The van der Waals surface area contributed by atoms with Crippen LogP contribution in [0.5, 0.6) is 11.8 Å². The van der Waals surface area contributed by atoms with Gasteiger partial charge in [0.15, 0.2) is 0 Å². The lowest BCUT2D eigenvalue weighted by atomic mass is 10.2. The average Bonchev–Trinajstić information content (AvgIpc) is 2.87. The molecule has 2 aromatic heterocycles. The molecule has 4 aromatic rings. The van der Waals surface area contributed by atoms with E-state index in [1.807, 2.05) is 9.97 Å². The van der Waals surface area contributed by atoms with Gasteiger partial charge in [0.1, 0.15) is 11.1 Å². The number of rotatable bonds is 8. The highest BCUT2D eigenvalue weighted by molar-refractivity contribution is 7.92. The maximum absolute atomic E-state index is 12.5. The van der Waals surface area contributed by atoms with E-state index in [9.17, 15) is 46.2 Å². The molecule has 224 valence electrons. The van der Waals surface area contributed by atoms with E-state index in [4.69, 9.17) is 0 Å². The summed E-state index contributed by atoms with van der Waals surface area (Å²) >= 11 is 0. The molecule has 0 spiro atoms. The predicted molar refractivity (Wildman–Crippen MR) is 158 cm³/mol.